The predicted molar refractivity (Wildman–Crippen MR) is 60.6 cm³/mol. The van der Waals surface area contributed by atoms with Gasteiger partial charge in [0, 0.05) is 13.1 Å². The van der Waals surface area contributed by atoms with Gasteiger partial charge in [-0.25, -0.2) is 9.18 Å². The zero-order valence-electron chi connectivity index (χ0n) is 9.74. The molecule has 92 valence electrons. The Balaban J connectivity index is 3.07. The molecule has 0 radical (unpaired) electrons. The van der Waals surface area contributed by atoms with E-state index in [0.717, 1.165) is 6.07 Å². The third-order valence-electron chi connectivity index (χ3n) is 2.50. The van der Waals surface area contributed by atoms with Gasteiger partial charge < -0.3 is 10.0 Å². The summed E-state index contributed by atoms with van der Waals surface area (Å²) in [6.45, 7) is 4.56. The number of nitrogens with zero attached hydrogens (tertiary/aromatic N) is 1. The third kappa shape index (κ3) is 2.81. The Morgan fingerprint density at radius 1 is 1.29 bits per heavy atom. The molecule has 0 aliphatic heterocycles. The minimum Gasteiger partial charge on any atom is -0.478 e. The van der Waals surface area contributed by atoms with E-state index < -0.39 is 17.7 Å². The van der Waals surface area contributed by atoms with Crippen LogP contribution in [0.4, 0.5) is 4.39 Å². The number of hydrogen-bond donors (Lipinski definition) is 1. The van der Waals surface area contributed by atoms with Crippen LogP contribution in [0.5, 0.6) is 0 Å². The molecular formula is C12H14FNO3. The van der Waals surface area contributed by atoms with E-state index in [2.05, 4.69) is 0 Å². The first kappa shape index (κ1) is 13.2. The first-order valence-electron chi connectivity index (χ1n) is 5.33. The molecule has 0 fully saturated rings. The van der Waals surface area contributed by atoms with Gasteiger partial charge in [-0.15, -0.1) is 0 Å². The summed E-state index contributed by atoms with van der Waals surface area (Å²) >= 11 is 0. The number of rotatable bonds is 4. The Morgan fingerprint density at radius 2 is 1.88 bits per heavy atom. The van der Waals surface area contributed by atoms with Crippen LogP contribution >= 0.6 is 0 Å². The summed E-state index contributed by atoms with van der Waals surface area (Å²) in [7, 11) is 0. The quantitative estimate of drug-likeness (QED) is 0.874. The Labute approximate surface area is 98.7 Å². The summed E-state index contributed by atoms with van der Waals surface area (Å²) in [6, 6.07) is 3.29. The number of carboxylic acids is 1. The number of amides is 1. The molecule has 5 heteroatoms. The van der Waals surface area contributed by atoms with Crippen molar-refractivity contribution in [1.82, 2.24) is 4.90 Å². The number of benzene rings is 1. The van der Waals surface area contributed by atoms with E-state index in [1.54, 1.807) is 13.8 Å². The molecule has 1 aromatic carbocycles. The lowest BCUT2D eigenvalue weighted by molar-refractivity contribution is 0.0693. The Kier molecular flexibility index (Phi) is 4.20. The van der Waals surface area contributed by atoms with Crippen LogP contribution in [0.25, 0.3) is 0 Å². The Bertz CT molecular complexity index is 441. The zero-order valence-corrected chi connectivity index (χ0v) is 9.74. The average Bonchev–Trinajstić information content (AvgIpc) is 2.30. The monoisotopic (exact) mass is 239 g/mol. The second-order valence-electron chi connectivity index (χ2n) is 3.48. The average molecular weight is 239 g/mol. The zero-order chi connectivity index (χ0) is 13.0. The molecule has 0 aliphatic carbocycles. The molecule has 1 amide bonds. The van der Waals surface area contributed by atoms with Gasteiger partial charge in [0.2, 0.25) is 0 Å². The smallest absolute Gasteiger partial charge is 0.335 e. The number of carbonyl (C=O) groups excluding carboxylic acids is 1. The minimum absolute atomic E-state index is 0.0984. The lowest BCUT2D eigenvalue weighted by atomic mass is 10.1. The summed E-state index contributed by atoms with van der Waals surface area (Å²) in [5, 5.41) is 8.68. The molecule has 0 saturated heterocycles. The highest BCUT2D eigenvalue weighted by atomic mass is 19.1. The van der Waals surface area contributed by atoms with Gasteiger partial charge in [0.25, 0.3) is 5.91 Å². The van der Waals surface area contributed by atoms with Gasteiger partial charge >= 0.3 is 5.97 Å². The van der Waals surface area contributed by atoms with Crippen LogP contribution in [0.2, 0.25) is 0 Å². The van der Waals surface area contributed by atoms with E-state index >= 15 is 0 Å². The molecule has 0 atom stereocenters. The van der Waals surface area contributed by atoms with Gasteiger partial charge in [0.05, 0.1) is 11.1 Å². The van der Waals surface area contributed by atoms with Gasteiger partial charge in [-0.1, -0.05) is 0 Å². The number of hydrogen-bond acceptors (Lipinski definition) is 2. The maximum absolute atomic E-state index is 13.6. The number of carboxylic acid groups (broad SMARTS) is 1. The van der Waals surface area contributed by atoms with Crippen LogP contribution in [0, 0.1) is 5.82 Å². The van der Waals surface area contributed by atoms with E-state index in [0.29, 0.717) is 13.1 Å². The molecule has 1 rings (SSSR count). The summed E-state index contributed by atoms with van der Waals surface area (Å²) in [5.74, 6) is -2.45. The summed E-state index contributed by atoms with van der Waals surface area (Å²) in [5.41, 5.74) is -0.266. The molecule has 1 N–H and O–H groups in total. The van der Waals surface area contributed by atoms with Crippen molar-refractivity contribution in [3.8, 4) is 0 Å². The molecular weight excluding hydrogens is 225 g/mol. The Hall–Kier alpha value is -1.91. The lowest BCUT2D eigenvalue weighted by Gasteiger charge is -2.18. The molecule has 0 saturated carbocycles. The molecule has 0 heterocycles. The van der Waals surface area contributed by atoms with E-state index in [4.69, 9.17) is 5.11 Å². The largest absolute Gasteiger partial charge is 0.478 e. The van der Waals surface area contributed by atoms with E-state index in [-0.39, 0.29) is 11.1 Å². The van der Waals surface area contributed by atoms with Crippen LogP contribution in [-0.2, 0) is 0 Å². The summed E-state index contributed by atoms with van der Waals surface area (Å²) < 4.78 is 13.6. The second-order valence-corrected chi connectivity index (χ2v) is 3.48. The van der Waals surface area contributed by atoms with Gasteiger partial charge in [-0.3, -0.25) is 4.79 Å². The molecule has 4 nitrogen and oxygen atoms in total. The van der Waals surface area contributed by atoms with E-state index in [1.165, 1.54) is 17.0 Å². The topological polar surface area (TPSA) is 57.6 Å². The molecule has 1 aromatic rings. The van der Waals surface area contributed by atoms with Crippen molar-refractivity contribution in [3.63, 3.8) is 0 Å². The van der Waals surface area contributed by atoms with Crippen molar-refractivity contribution in [2.24, 2.45) is 0 Å². The van der Waals surface area contributed by atoms with Crippen LogP contribution in [0.1, 0.15) is 34.6 Å². The maximum atomic E-state index is 13.6. The fourth-order valence-corrected chi connectivity index (χ4v) is 1.50. The fourth-order valence-electron chi connectivity index (χ4n) is 1.50. The highest BCUT2D eigenvalue weighted by Crippen LogP contribution is 2.13. The van der Waals surface area contributed by atoms with E-state index in [9.17, 15) is 14.0 Å². The van der Waals surface area contributed by atoms with Gasteiger partial charge in [0.1, 0.15) is 5.82 Å². The third-order valence-corrected chi connectivity index (χ3v) is 2.50. The van der Waals surface area contributed by atoms with Gasteiger partial charge in [-0.2, -0.15) is 0 Å². The maximum Gasteiger partial charge on any atom is 0.335 e. The fraction of sp³-hybridized carbons (Fsp3) is 0.333. The highest BCUT2D eigenvalue weighted by Gasteiger charge is 2.18. The van der Waals surface area contributed by atoms with Crippen LogP contribution in [-0.4, -0.2) is 35.0 Å². The van der Waals surface area contributed by atoms with Crippen LogP contribution < -0.4 is 0 Å². The van der Waals surface area contributed by atoms with Crippen molar-refractivity contribution in [2.75, 3.05) is 13.1 Å². The SMILES string of the molecule is CCN(CC)C(=O)c1ccc(C(=O)O)cc1F. The summed E-state index contributed by atoms with van der Waals surface area (Å²) in [4.78, 5) is 23.9. The number of halogens is 1. The lowest BCUT2D eigenvalue weighted by Crippen LogP contribution is -2.31. The number of aromatic carboxylic acids is 1. The molecule has 0 spiro atoms. The predicted octanol–water partition coefficient (Wildman–Crippen LogP) is 2.01. The van der Waals surface area contributed by atoms with Crippen LogP contribution in [0.3, 0.4) is 0 Å². The second kappa shape index (κ2) is 5.43. The number of carbonyl (C=O) groups is 2. The van der Waals surface area contributed by atoms with Gasteiger partial charge in [0.15, 0.2) is 0 Å². The van der Waals surface area contributed by atoms with Crippen LogP contribution in [0.15, 0.2) is 18.2 Å². The van der Waals surface area contributed by atoms with Crippen molar-refractivity contribution in [3.05, 3.63) is 35.1 Å². The first-order chi connectivity index (χ1) is 8.01. The molecule has 0 aromatic heterocycles. The normalized spacial score (nSPS) is 10.1. The first-order valence-corrected chi connectivity index (χ1v) is 5.33. The Morgan fingerprint density at radius 3 is 2.29 bits per heavy atom. The highest BCUT2D eigenvalue weighted by molar-refractivity contribution is 5.96. The molecule has 0 aliphatic rings. The molecule has 0 bridgehead atoms. The molecule has 0 unspecified atom stereocenters. The van der Waals surface area contributed by atoms with Crippen molar-refractivity contribution >= 4 is 11.9 Å². The van der Waals surface area contributed by atoms with E-state index in [1.807, 2.05) is 0 Å². The summed E-state index contributed by atoms with van der Waals surface area (Å²) in [6.07, 6.45) is 0. The van der Waals surface area contributed by atoms with Crippen molar-refractivity contribution in [1.29, 1.82) is 0 Å². The van der Waals surface area contributed by atoms with Gasteiger partial charge in [-0.05, 0) is 32.0 Å². The molecule has 17 heavy (non-hydrogen) atoms. The standard InChI is InChI=1S/C12H14FNO3/c1-3-14(4-2)11(15)9-6-5-8(12(16)17)7-10(9)13/h5-7H,3-4H2,1-2H3,(H,16,17). The minimum atomic E-state index is -1.22. The van der Waals surface area contributed by atoms with Crippen molar-refractivity contribution in [2.45, 2.75) is 13.8 Å². The van der Waals surface area contributed by atoms with Crippen molar-refractivity contribution < 1.29 is 19.1 Å².